The fourth-order valence-electron chi connectivity index (χ4n) is 1.64. The Morgan fingerprint density at radius 1 is 1.39 bits per heavy atom. The van der Waals surface area contributed by atoms with E-state index in [1.54, 1.807) is 0 Å². The summed E-state index contributed by atoms with van der Waals surface area (Å²) in [7, 11) is 1.44. The number of hydrogen-bond acceptors (Lipinski definition) is 3. The maximum absolute atomic E-state index is 12.7. The standard InChI is InChI=1S/C12H8F3NO2/c1-17-9-2-3-10-7(5-9)4-8(6-16)11(18-10)12(13,14)15/h2-5,11H,1H3/t11-/m1/s1. The van der Waals surface area contributed by atoms with Gasteiger partial charge in [0, 0.05) is 5.56 Å². The quantitative estimate of drug-likeness (QED) is 0.774. The molecule has 1 aromatic carbocycles. The zero-order valence-electron chi connectivity index (χ0n) is 9.28. The zero-order valence-corrected chi connectivity index (χ0v) is 9.28. The molecule has 1 aliphatic heterocycles. The molecule has 94 valence electrons. The molecule has 0 unspecified atom stereocenters. The van der Waals surface area contributed by atoms with Crippen LogP contribution in [0.1, 0.15) is 5.56 Å². The van der Waals surface area contributed by atoms with Crippen molar-refractivity contribution in [2.24, 2.45) is 0 Å². The largest absolute Gasteiger partial charge is 0.497 e. The summed E-state index contributed by atoms with van der Waals surface area (Å²) >= 11 is 0. The Morgan fingerprint density at radius 3 is 2.67 bits per heavy atom. The van der Waals surface area contributed by atoms with E-state index >= 15 is 0 Å². The molecule has 3 nitrogen and oxygen atoms in total. The maximum atomic E-state index is 12.7. The van der Waals surface area contributed by atoms with Crippen molar-refractivity contribution in [3.8, 4) is 17.6 Å². The Morgan fingerprint density at radius 2 is 2.11 bits per heavy atom. The van der Waals surface area contributed by atoms with Gasteiger partial charge in [0.05, 0.1) is 18.8 Å². The first-order valence-electron chi connectivity index (χ1n) is 4.99. The third-order valence-electron chi connectivity index (χ3n) is 2.48. The Hall–Kier alpha value is -2.16. The van der Waals surface area contributed by atoms with Gasteiger partial charge < -0.3 is 9.47 Å². The van der Waals surface area contributed by atoms with Crippen molar-refractivity contribution in [2.75, 3.05) is 7.11 Å². The first kappa shape index (κ1) is 12.3. The molecule has 0 fully saturated rings. The molecule has 6 heteroatoms. The first-order chi connectivity index (χ1) is 8.45. The van der Waals surface area contributed by atoms with Gasteiger partial charge in [-0.1, -0.05) is 0 Å². The van der Waals surface area contributed by atoms with E-state index in [0.29, 0.717) is 11.3 Å². The van der Waals surface area contributed by atoms with Gasteiger partial charge in [0.15, 0.2) is 0 Å². The Kier molecular flexibility index (Phi) is 2.91. The van der Waals surface area contributed by atoms with Gasteiger partial charge in [-0.3, -0.25) is 0 Å². The SMILES string of the molecule is COc1ccc2c(c1)C=C(C#N)[C@H](C(F)(F)F)O2. The van der Waals surface area contributed by atoms with Crippen LogP contribution in [-0.2, 0) is 0 Å². The van der Waals surface area contributed by atoms with Gasteiger partial charge >= 0.3 is 6.18 Å². The molecular formula is C12H8F3NO2. The lowest BCUT2D eigenvalue weighted by Crippen LogP contribution is -2.37. The smallest absolute Gasteiger partial charge is 0.430 e. The predicted octanol–water partition coefficient (Wildman–Crippen LogP) is 2.93. The molecule has 0 amide bonds. The summed E-state index contributed by atoms with van der Waals surface area (Å²) in [5, 5.41) is 8.75. The van der Waals surface area contributed by atoms with Crippen LogP contribution in [0.2, 0.25) is 0 Å². The average molecular weight is 255 g/mol. The van der Waals surface area contributed by atoms with Gasteiger partial charge in [0.2, 0.25) is 6.10 Å². The topological polar surface area (TPSA) is 42.2 Å². The van der Waals surface area contributed by atoms with Crippen LogP contribution in [0.5, 0.6) is 11.5 Å². The second kappa shape index (κ2) is 4.26. The zero-order chi connectivity index (χ0) is 13.3. The predicted molar refractivity (Wildman–Crippen MR) is 57.1 cm³/mol. The molecule has 0 aromatic heterocycles. The van der Waals surface area contributed by atoms with Crippen molar-refractivity contribution in [1.82, 2.24) is 0 Å². The van der Waals surface area contributed by atoms with Crippen LogP contribution in [0.15, 0.2) is 23.8 Å². The first-order valence-corrected chi connectivity index (χ1v) is 4.99. The number of ether oxygens (including phenoxy) is 2. The van der Waals surface area contributed by atoms with E-state index in [2.05, 4.69) is 0 Å². The Labute approximate surface area is 101 Å². The molecule has 18 heavy (non-hydrogen) atoms. The van der Waals surface area contributed by atoms with Crippen molar-refractivity contribution in [1.29, 1.82) is 5.26 Å². The average Bonchev–Trinajstić information content (AvgIpc) is 2.35. The minimum atomic E-state index is -4.61. The van der Waals surface area contributed by atoms with Crippen LogP contribution in [0.4, 0.5) is 13.2 Å². The summed E-state index contributed by atoms with van der Waals surface area (Å²) in [6.45, 7) is 0. The van der Waals surface area contributed by atoms with E-state index in [1.807, 2.05) is 0 Å². The van der Waals surface area contributed by atoms with Crippen molar-refractivity contribution in [3.05, 3.63) is 29.3 Å². The molecule has 0 aliphatic carbocycles. The van der Waals surface area contributed by atoms with Gasteiger partial charge in [-0.05, 0) is 24.3 Å². The van der Waals surface area contributed by atoms with E-state index < -0.39 is 17.9 Å². The highest BCUT2D eigenvalue weighted by Crippen LogP contribution is 2.38. The van der Waals surface area contributed by atoms with E-state index in [4.69, 9.17) is 14.7 Å². The number of nitriles is 1. The maximum Gasteiger partial charge on any atom is 0.430 e. The summed E-state index contributed by atoms with van der Waals surface area (Å²) in [6.07, 6.45) is -5.65. The molecule has 0 saturated heterocycles. The lowest BCUT2D eigenvalue weighted by Gasteiger charge is -2.26. The third kappa shape index (κ3) is 2.12. The summed E-state index contributed by atoms with van der Waals surface area (Å²) in [5.74, 6) is 0.563. The summed E-state index contributed by atoms with van der Waals surface area (Å²) in [6, 6.07) is 5.91. The number of benzene rings is 1. The number of nitrogens with zero attached hydrogens (tertiary/aromatic N) is 1. The van der Waals surface area contributed by atoms with E-state index in [0.717, 1.165) is 0 Å². The highest BCUT2D eigenvalue weighted by atomic mass is 19.4. The van der Waals surface area contributed by atoms with Gasteiger partial charge in [-0.15, -0.1) is 0 Å². The minimum absolute atomic E-state index is 0.0807. The lowest BCUT2D eigenvalue weighted by molar-refractivity contribution is -0.182. The molecule has 1 heterocycles. The van der Waals surface area contributed by atoms with Crippen LogP contribution >= 0.6 is 0 Å². The molecule has 0 bridgehead atoms. The summed E-state index contributed by atoms with van der Waals surface area (Å²) in [4.78, 5) is 0. The molecule has 0 N–H and O–H groups in total. The molecule has 1 atom stereocenters. The number of rotatable bonds is 1. The highest BCUT2D eigenvalue weighted by molar-refractivity contribution is 5.67. The molecular weight excluding hydrogens is 247 g/mol. The number of halogens is 3. The van der Waals surface area contributed by atoms with E-state index in [9.17, 15) is 13.2 Å². The fraction of sp³-hybridized carbons (Fsp3) is 0.250. The van der Waals surface area contributed by atoms with Gasteiger partial charge in [-0.2, -0.15) is 18.4 Å². The van der Waals surface area contributed by atoms with Crippen molar-refractivity contribution in [3.63, 3.8) is 0 Å². The molecule has 1 aromatic rings. The number of fused-ring (bicyclic) bond motifs is 1. The number of alkyl halides is 3. The van der Waals surface area contributed by atoms with Crippen LogP contribution < -0.4 is 9.47 Å². The molecule has 0 spiro atoms. The highest BCUT2D eigenvalue weighted by Gasteiger charge is 2.46. The number of hydrogen-bond donors (Lipinski definition) is 0. The molecule has 1 aliphatic rings. The summed E-state index contributed by atoms with van der Waals surface area (Å²) in [5.41, 5.74) is -0.0744. The van der Waals surface area contributed by atoms with Crippen molar-refractivity contribution in [2.45, 2.75) is 12.3 Å². The van der Waals surface area contributed by atoms with Crippen molar-refractivity contribution >= 4 is 6.08 Å². The van der Waals surface area contributed by atoms with Crippen LogP contribution in [-0.4, -0.2) is 19.4 Å². The second-order valence-electron chi connectivity index (χ2n) is 3.65. The van der Waals surface area contributed by atoms with Crippen molar-refractivity contribution < 1.29 is 22.6 Å². The monoisotopic (exact) mass is 255 g/mol. The fourth-order valence-corrected chi connectivity index (χ4v) is 1.64. The van der Waals surface area contributed by atoms with Crippen LogP contribution in [0.25, 0.3) is 6.08 Å². The second-order valence-corrected chi connectivity index (χ2v) is 3.65. The third-order valence-corrected chi connectivity index (χ3v) is 2.48. The minimum Gasteiger partial charge on any atom is -0.497 e. The lowest BCUT2D eigenvalue weighted by atomic mass is 10.0. The van der Waals surface area contributed by atoms with E-state index in [1.165, 1.54) is 37.5 Å². The molecule has 2 rings (SSSR count). The Bertz CT molecular complexity index is 543. The van der Waals surface area contributed by atoms with Gasteiger partial charge in [0.1, 0.15) is 11.5 Å². The molecule has 0 radical (unpaired) electrons. The number of methoxy groups -OCH3 is 1. The van der Waals surface area contributed by atoms with E-state index in [-0.39, 0.29) is 5.75 Å². The molecule has 0 saturated carbocycles. The Balaban J connectivity index is 2.47. The summed E-state index contributed by atoms with van der Waals surface area (Å²) < 4.78 is 47.8. The van der Waals surface area contributed by atoms with Crippen LogP contribution in [0.3, 0.4) is 0 Å². The van der Waals surface area contributed by atoms with Crippen LogP contribution in [0, 0.1) is 11.3 Å². The normalized spacial score (nSPS) is 18.2. The van der Waals surface area contributed by atoms with Gasteiger partial charge in [0.25, 0.3) is 0 Å². The van der Waals surface area contributed by atoms with Gasteiger partial charge in [-0.25, -0.2) is 0 Å².